The van der Waals surface area contributed by atoms with Crippen LogP contribution in [0.15, 0.2) is 30.3 Å². The zero-order valence-corrected chi connectivity index (χ0v) is 13.2. The van der Waals surface area contributed by atoms with Gasteiger partial charge >= 0.3 is 0 Å². The summed E-state index contributed by atoms with van der Waals surface area (Å²) in [7, 11) is 0. The van der Waals surface area contributed by atoms with Crippen LogP contribution in [0.25, 0.3) is 10.9 Å². The van der Waals surface area contributed by atoms with Crippen LogP contribution in [-0.4, -0.2) is 29.5 Å². The second-order valence-corrected chi connectivity index (χ2v) is 6.56. The second kappa shape index (κ2) is 5.74. The maximum Gasteiger partial charge on any atom is 0.0705 e. The molecule has 21 heavy (non-hydrogen) atoms. The van der Waals surface area contributed by atoms with Crippen LogP contribution in [0, 0.1) is 18.8 Å². The lowest BCUT2D eigenvalue weighted by Gasteiger charge is -2.27. The first-order valence-corrected chi connectivity index (χ1v) is 7.90. The van der Waals surface area contributed by atoms with Crippen LogP contribution in [0.3, 0.4) is 0 Å². The zero-order valence-electron chi connectivity index (χ0n) is 13.2. The fraction of sp³-hybridized carbons (Fsp3) is 0.500. The summed E-state index contributed by atoms with van der Waals surface area (Å²) >= 11 is 0. The maximum absolute atomic E-state index is 6.09. The van der Waals surface area contributed by atoms with Crippen LogP contribution in [0.4, 0.5) is 0 Å². The number of hydrogen-bond acceptors (Lipinski definition) is 3. The number of likely N-dealkylation sites (tertiary alicyclic amines) is 1. The van der Waals surface area contributed by atoms with Gasteiger partial charge in [0.25, 0.3) is 0 Å². The molecule has 2 heterocycles. The maximum atomic E-state index is 6.09. The van der Waals surface area contributed by atoms with Crippen molar-refractivity contribution in [3.8, 4) is 0 Å². The molecular weight excluding hydrogens is 258 g/mol. The quantitative estimate of drug-likeness (QED) is 0.941. The summed E-state index contributed by atoms with van der Waals surface area (Å²) in [5.74, 6) is 1.51. The number of hydrogen-bond donors (Lipinski definition) is 1. The number of fused-ring (bicyclic) bond motifs is 1. The third-order valence-corrected chi connectivity index (χ3v) is 4.92. The molecule has 0 radical (unpaired) electrons. The number of nitrogens with two attached hydrogens (primary N) is 1. The van der Waals surface area contributed by atoms with Crippen molar-refractivity contribution in [3.05, 3.63) is 41.6 Å². The Labute approximate surface area is 127 Å². The van der Waals surface area contributed by atoms with Gasteiger partial charge < -0.3 is 5.73 Å². The SMILES string of the molecule is Cc1ccc2cc(C(CN)N3CC(C)C(C)C3)ccc2n1. The number of rotatable bonds is 3. The van der Waals surface area contributed by atoms with E-state index in [0.29, 0.717) is 12.6 Å². The predicted octanol–water partition coefficient (Wildman–Crippen LogP) is 3.13. The van der Waals surface area contributed by atoms with Gasteiger partial charge in [-0.1, -0.05) is 26.0 Å². The Bertz CT molecular complexity index is 627. The molecule has 0 bridgehead atoms. The van der Waals surface area contributed by atoms with Gasteiger partial charge in [0.1, 0.15) is 0 Å². The summed E-state index contributed by atoms with van der Waals surface area (Å²) in [5, 5.41) is 1.21. The lowest BCUT2D eigenvalue weighted by molar-refractivity contribution is 0.240. The molecule has 3 heteroatoms. The van der Waals surface area contributed by atoms with E-state index >= 15 is 0 Å². The molecule has 112 valence electrons. The Kier molecular flexibility index (Phi) is 3.96. The van der Waals surface area contributed by atoms with Crippen LogP contribution >= 0.6 is 0 Å². The normalized spacial score (nSPS) is 24.6. The summed E-state index contributed by atoms with van der Waals surface area (Å²) in [5.41, 5.74) is 9.53. The van der Waals surface area contributed by atoms with Gasteiger partial charge in [-0.3, -0.25) is 9.88 Å². The number of benzene rings is 1. The fourth-order valence-corrected chi connectivity index (χ4v) is 3.38. The molecule has 1 aliphatic rings. The van der Waals surface area contributed by atoms with Gasteiger partial charge in [-0.05, 0) is 42.5 Å². The summed E-state index contributed by atoms with van der Waals surface area (Å²) in [4.78, 5) is 7.12. The Morgan fingerprint density at radius 3 is 2.57 bits per heavy atom. The van der Waals surface area contributed by atoms with E-state index in [1.54, 1.807) is 0 Å². The molecule has 0 amide bonds. The number of nitrogens with zero attached hydrogens (tertiary/aromatic N) is 2. The van der Waals surface area contributed by atoms with Crippen molar-refractivity contribution in [1.82, 2.24) is 9.88 Å². The minimum atomic E-state index is 0.322. The van der Waals surface area contributed by atoms with E-state index in [1.165, 1.54) is 10.9 Å². The Morgan fingerprint density at radius 1 is 1.19 bits per heavy atom. The molecule has 3 rings (SSSR count). The molecular formula is C18H25N3. The molecule has 2 N–H and O–H groups in total. The summed E-state index contributed by atoms with van der Waals surface area (Å²) in [6, 6.07) is 11.1. The topological polar surface area (TPSA) is 42.1 Å². The van der Waals surface area contributed by atoms with Crippen LogP contribution in [0.2, 0.25) is 0 Å². The molecule has 1 aliphatic heterocycles. The summed E-state index contributed by atoms with van der Waals surface area (Å²) in [6.45, 7) is 9.67. The molecule has 3 unspecified atom stereocenters. The van der Waals surface area contributed by atoms with Crippen molar-refractivity contribution in [2.24, 2.45) is 17.6 Å². The Hall–Kier alpha value is -1.45. The molecule has 0 spiro atoms. The smallest absolute Gasteiger partial charge is 0.0705 e. The summed E-state index contributed by atoms with van der Waals surface area (Å²) in [6.07, 6.45) is 0. The minimum Gasteiger partial charge on any atom is -0.329 e. The van der Waals surface area contributed by atoms with E-state index in [0.717, 1.165) is 36.1 Å². The monoisotopic (exact) mass is 283 g/mol. The van der Waals surface area contributed by atoms with Gasteiger partial charge in [0, 0.05) is 36.8 Å². The number of aromatic nitrogens is 1. The van der Waals surface area contributed by atoms with Gasteiger partial charge in [-0.25, -0.2) is 0 Å². The third-order valence-electron chi connectivity index (χ3n) is 4.92. The second-order valence-electron chi connectivity index (χ2n) is 6.56. The molecule has 3 atom stereocenters. The van der Waals surface area contributed by atoms with Crippen LogP contribution < -0.4 is 5.73 Å². The molecule has 1 aromatic carbocycles. The molecule has 3 nitrogen and oxygen atoms in total. The van der Waals surface area contributed by atoms with Gasteiger partial charge in [0.15, 0.2) is 0 Å². The highest BCUT2D eigenvalue weighted by Crippen LogP contribution is 2.31. The van der Waals surface area contributed by atoms with E-state index in [4.69, 9.17) is 5.73 Å². The predicted molar refractivity (Wildman–Crippen MR) is 88.2 cm³/mol. The lowest BCUT2D eigenvalue weighted by Crippen LogP contribution is -2.32. The standard InChI is InChI=1S/C18H25N3/c1-12-10-21(11-13(12)2)18(9-19)16-6-7-17-15(8-16)5-4-14(3)20-17/h4-8,12-13,18H,9-11,19H2,1-3H3. The van der Waals surface area contributed by atoms with Crippen molar-refractivity contribution >= 4 is 10.9 Å². The Balaban J connectivity index is 1.92. The zero-order chi connectivity index (χ0) is 15.0. The molecule has 1 aromatic heterocycles. The van der Waals surface area contributed by atoms with Crippen LogP contribution in [-0.2, 0) is 0 Å². The largest absolute Gasteiger partial charge is 0.329 e. The highest BCUT2D eigenvalue weighted by molar-refractivity contribution is 5.79. The Morgan fingerprint density at radius 2 is 1.90 bits per heavy atom. The van der Waals surface area contributed by atoms with Crippen molar-refractivity contribution < 1.29 is 0 Å². The first-order chi connectivity index (χ1) is 10.1. The van der Waals surface area contributed by atoms with Crippen LogP contribution in [0.1, 0.15) is 31.1 Å². The first kappa shape index (κ1) is 14.5. The van der Waals surface area contributed by atoms with E-state index in [9.17, 15) is 0 Å². The van der Waals surface area contributed by atoms with Gasteiger partial charge in [0.2, 0.25) is 0 Å². The molecule has 1 fully saturated rings. The van der Waals surface area contributed by atoms with E-state index in [-0.39, 0.29) is 0 Å². The van der Waals surface area contributed by atoms with Crippen molar-refractivity contribution in [2.45, 2.75) is 26.8 Å². The van der Waals surface area contributed by atoms with Gasteiger partial charge in [-0.15, -0.1) is 0 Å². The lowest BCUT2D eigenvalue weighted by atomic mass is 10.0. The molecule has 2 aromatic rings. The first-order valence-electron chi connectivity index (χ1n) is 7.90. The van der Waals surface area contributed by atoms with E-state index < -0.39 is 0 Å². The molecule has 1 saturated heterocycles. The third kappa shape index (κ3) is 2.81. The number of pyridine rings is 1. The van der Waals surface area contributed by atoms with Gasteiger partial charge in [0.05, 0.1) is 5.52 Å². The average Bonchev–Trinajstić information content (AvgIpc) is 2.79. The highest BCUT2D eigenvalue weighted by atomic mass is 15.2. The van der Waals surface area contributed by atoms with Crippen LogP contribution in [0.5, 0.6) is 0 Å². The van der Waals surface area contributed by atoms with Crippen molar-refractivity contribution in [2.75, 3.05) is 19.6 Å². The average molecular weight is 283 g/mol. The minimum absolute atomic E-state index is 0.322. The highest BCUT2D eigenvalue weighted by Gasteiger charge is 2.31. The van der Waals surface area contributed by atoms with E-state index in [1.807, 2.05) is 6.92 Å². The summed E-state index contributed by atoms with van der Waals surface area (Å²) < 4.78 is 0. The molecule has 0 aliphatic carbocycles. The fourth-order valence-electron chi connectivity index (χ4n) is 3.38. The van der Waals surface area contributed by atoms with Crippen molar-refractivity contribution in [1.29, 1.82) is 0 Å². The van der Waals surface area contributed by atoms with Crippen molar-refractivity contribution in [3.63, 3.8) is 0 Å². The van der Waals surface area contributed by atoms with Gasteiger partial charge in [-0.2, -0.15) is 0 Å². The van der Waals surface area contributed by atoms with E-state index in [2.05, 4.69) is 54.1 Å². The number of aryl methyl sites for hydroxylation is 1. The molecule has 0 saturated carbocycles.